The van der Waals surface area contributed by atoms with Crippen molar-refractivity contribution in [3.63, 3.8) is 0 Å². The number of pyridine rings is 5. The first-order valence-electron chi connectivity index (χ1n) is 40.9. The minimum absolute atomic E-state index is 0.00287. The molecule has 0 radical (unpaired) electrons. The summed E-state index contributed by atoms with van der Waals surface area (Å²) in [6.45, 7) is 14.3. The summed E-state index contributed by atoms with van der Waals surface area (Å²) in [5.41, 5.74) is 8.56. The minimum Gasteiger partial charge on any atom is -0.472 e. The molecule has 12 atom stereocenters. The van der Waals surface area contributed by atoms with Crippen LogP contribution in [-0.4, -0.2) is 183 Å². The molecule has 29 heteroatoms. The quantitative estimate of drug-likeness (QED) is 0.0812. The van der Waals surface area contributed by atoms with Crippen molar-refractivity contribution in [1.29, 1.82) is 0 Å². The maximum Gasteiger partial charge on any atom is 0.273 e. The van der Waals surface area contributed by atoms with E-state index in [1.54, 1.807) is 84.7 Å². The summed E-state index contributed by atoms with van der Waals surface area (Å²) in [6, 6.07) is 38.5. The number of piperidine rings is 4. The molecule has 3 aromatic carbocycles. The van der Waals surface area contributed by atoms with E-state index in [1.807, 2.05) is 135 Å². The predicted octanol–water partition coefficient (Wildman–Crippen LogP) is 14.7. The van der Waals surface area contributed by atoms with Crippen molar-refractivity contribution in [2.45, 2.75) is 141 Å². The van der Waals surface area contributed by atoms with Crippen LogP contribution in [0.1, 0.15) is 127 Å². The Morgan fingerprint density at radius 3 is 1.07 bits per heavy atom. The van der Waals surface area contributed by atoms with Crippen LogP contribution in [0.3, 0.4) is 0 Å². The standard InChI is InChI=1S/C24H23FN4O2.C23H20F2N4O2.C23H21FN4O2.C23H23N5O2/c1-14-6-7-21(26-10-14)31-20-9-16-8-19(20)29(13-16)24(30)18-5-3-4-15(2)22(18)23-27-11-17(25)12-28-23;1-13-5-6-20(26-9-13)31-19-8-14-7-18(19)29(12-14)23(30)16-3-2-4-17(25)21(16)22-27-10-15(24)11-28-22;1-14-5-2-8-20(27-14)30-19-12-15-11-18(19)28(13-15)23(29)16-6-3-7-17(24)21(16)22-25-9-4-10-26-22;1-14-4-7-20(26-12-14)30-19-11-16-10-18(19)28(13-16)23(29)21-17(6-5-15(2)27-21)22-24-8-3-9-25-22/h3-7,10-12,16,19-20H,8-9,13H2,1-2H3;2-6,9-11,14,18-19H,7-8,12H2,1H3;2-10,15,18-19H,11-13H2,1H3;3-9,12,16,18-19H,10-11,13H2,1-2H3. The average molecular weight is 1650 g/mol. The molecule has 122 heavy (non-hydrogen) atoms. The van der Waals surface area contributed by atoms with Crippen LogP contribution in [0.4, 0.5) is 17.6 Å². The molecule has 20 rings (SSSR count). The number of nitrogens with zero attached hydrogens (tertiary/aromatic N) is 17. The van der Waals surface area contributed by atoms with E-state index in [9.17, 15) is 36.7 Å². The number of likely N-dealkylation sites (tertiary alicyclic amines) is 4. The number of hydrogen-bond acceptors (Lipinski definition) is 21. The Balaban J connectivity index is 0.000000116. The number of rotatable bonds is 16. The Hall–Kier alpha value is -13.5. The van der Waals surface area contributed by atoms with Crippen molar-refractivity contribution in [3.05, 3.63) is 281 Å². The molecule has 4 amide bonds. The summed E-state index contributed by atoms with van der Waals surface area (Å²) in [6.07, 6.45) is 22.7. The number of fused-ring (bicyclic) bond motifs is 8. The lowest BCUT2D eigenvalue weighted by Gasteiger charge is -2.33. The lowest BCUT2D eigenvalue weighted by atomic mass is 9.98. The summed E-state index contributed by atoms with van der Waals surface area (Å²) in [4.78, 5) is 116. The van der Waals surface area contributed by atoms with Crippen molar-refractivity contribution in [2.75, 3.05) is 26.2 Å². The summed E-state index contributed by atoms with van der Waals surface area (Å²) in [5.74, 6) is 1.96. The normalized spacial score (nSPS) is 22.2. The first kappa shape index (κ1) is 80.9. The first-order valence-corrected chi connectivity index (χ1v) is 40.9. The fourth-order valence-corrected chi connectivity index (χ4v) is 18.3. The van der Waals surface area contributed by atoms with Crippen LogP contribution < -0.4 is 18.9 Å². The van der Waals surface area contributed by atoms with Gasteiger partial charge >= 0.3 is 0 Å². The molecular weight excluding hydrogens is 1560 g/mol. The Bertz CT molecular complexity index is 5640. The second kappa shape index (κ2) is 35.1. The van der Waals surface area contributed by atoms with E-state index in [2.05, 4.69) is 64.8 Å². The van der Waals surface area contributed by atoms with Crippen molar-refractivity contribution in [2.24, 2.45) is 23.7 Å². The SMILES string of the molecule is Cc1ccc(OC2CC3CC2N(C(=O)c2cccc(C)c2-c2ncc(F)cn2)C3)nc1.Cc1ccc(OC2CC3CC2N(C(=O)c2cccc(F)c2-c2ncc(F)cn2)C3)nc1.Cc1ccc(OC2CC3CC2N(C(=O)c2nc(C)ccc2-c2ncccn2)C3)nc1.Cc1cccc(OC2CC3CC2N(C(=O)c2cccc(F)c2-c2ncccn2)C3)n1. The topological polar surface area (TPSA) is 286 Å². The van der Waals surface area contributed by atoms with E-state index in [0.717, 1.165) is 116 Å². The third-order valence-corrected chi connectivity index (χ3v) is 23.9. The molecule has 4 saturated heterocycles. The highest BCUT2D eigenvalue weighted by atomic mass is 19.1. The molecular formula is C93H87F4N17O8. The zero-order valence-corrected chi connectivity index (χ0v) is 67.8. The number of hydrogen-bond donors (Lipinski definition) is 0. The second-order valence-electron chi connectivity index (χ2n) is 32.5. The van der Waals surface area contributed by atoms with Gasteiger partial charge in [-0.25, -0.2) is 82.4 Å². The Labute approximate surface area is 701 Å². The fourth-order valence-electron chi connectivity index (χ4n) is 18.3. The molecule has 8 fully saturated rings. The molecule has 8 aliphatic rings. The van der Waals surface area contributed by atoms with E-state index < -0.39 is 23.3 Å². The van der Waals surface area contributed by atoms with Crippen LogP contribution in [-0.2, 0) is 0 Å². The van der Waals surface area contributed by atoms with Crippen LogP contribution in [0.2, 0.25) is 0 Å². The molecule has 0 N–H and O–H groups in total. The predicted molar refractivity (Wildman–Crippen MR) is 441 cm³/mol. The van der Waals surface area contributed by atoms with Gasteiger partial charge in [0.1, 0.15) is 41.7 Å². The van der Waals surface area contributed by atoms with E-state index >= 15 is 0 Å². The van der Waals surface area contributed by atoms with Gasteiger partial charge in [0.2, 0.25) is 23.5 Å². The highest BCUT2D eigenvalue weighted by Gasteiger charge is 2.53. The number of amides is 4. The monoisotopic (exact) mass is 1650 g/mol. The van der Waals surface area contributed by atoms with Gasteiger partial charge in [0.25, 0.3) is 23.6 Å². The molecule has 4 aliphatic heterocycles. The third kappa shape index (κ3) is 17.3. The number of ether oxygens (including phenoxy) is 4. The van der Waals surface area contributed by atoms with Crippen molar-refractivity contribution in [3.8, 4) is 69.1 Å². The van der Waals surface area contributed by atoms with Crippen LogP contribution in [0.5, 0.6) is 23.5 Å². The molecule has 25 nitrogen and oxygen atoms in total. The van der Waals surface area contributed by atoms with Crippen molar-refractivity contribution in [1.82, 2.24) is 84.4 Å². The van der Waals surface area contributed by atoms with Gasteiger partial charge in [-0.05, 0) is 199 Å². The number of carbonyl (C=O) groups excluding carboxylic acids is 4. The van der Waals surface area contributed by atoms with E-state index in [0.29, 0.717) is 101 Å². The molecule has 4 aliphatic carbocycles. The molecule has 12 aromatic rings. The van der Waals surface area contributed by atoms with E-state index in [-0.39, 0.29) is 106 Å². The van der Waals surface area contributed by atoms with Crippen LogP contribution in [0.25, 0.3) is 45.6 Å². The van der Waals surface area contributed by atoms with Gasteiger partial charge in [-0.15, -0.1) is 0 Å². The molecule has 9 aromatic heterocycles. The smallest absolute Gasteiger partial charge is 0.273 e. The first-order chi connectivity index (χ1) is 59.2. The summed E-state index contributed by atoms with van der Waals surface area (Å²) >= 11 is 0. The molecule has 12 unspecified atom stereocenters. The Morgan fingerprint density at radius 2 is 0.672 bits per heavy atom. The average Bonchev–Trinajstić information content (AvgIpc) is 1.61. The number of benzene rings is 3. The number of aromatic nitrogens is 13. The fraction of sp³-hybridized carbons (Fsp3) is 0.323. The molecule has 620 valence electrons. The van der Waals surface area contributed by atoms with Gasteiger partial charge < -0.3 is 38.5 Å². The van der Waals surface area contributed by atoms with Gasteiger partial charge in [0, 0.05) is 111 Å². The number of carbonyl (C=O) groups is 4. The highest BCUT2D eigenvalue weighted by molar-refractivity contribution is 6.03. The van der Waals surface area contributed by atoms with E-state index in [1.165, 1.54) is 18.2 Å². The minimum atomic E-state index is -0.630. The van der Waals surface area contributed by atoms with Crippen molar-refractivity contribution < 1.29 is 55.7 Å². The second-order valence-corrected chi connectivity index (χ2v) is 32.5. The van der Waals surface area contributed by atoms with Crippen LogP contribution in [0.15, 0.2) is 202 Å². The van der Waals surface area contributed by atoms with E-state index in [4.69, 9.17) is 18.9 Å². The van der Waals surface area contributed by atoms with Gasteiger partial charge in [0.05, 0.1) is 82.3 Å². The summed E-state index contributed by atoms with van der Waals surface area (Å²) < 4.78 is 80.5. The van der Waals surface area contributed by atoms with Crippen LogP contribution >= 0.6 is 0 Å². The van der Waals surface area contributed by atoms with Gasteiger partial charge in [0.15, 0.2) is 34.9 Å². The zero-order chi connectivity index (χ0) is 84.4. The Kier molecular flexibility index (Phi) is 23.3. The van der Waals surface area contributed by atoms with Crippen LogP contribution in [0, 0.1) is 88.5 Å². The summed E-state index contributed by atoms with van der Waals surface area (Å²) in [5, 5.41) is 0. The Morgan fingerprint density at radius 1 is 0.320 bits per heavy atom. The van der Waals surface area contributed by atoms with Gasteiger partial charge in [-0.2, -0.15) is 0 Å². The largest absolute Gasteiger partial charge is 0.472 e. The lowest BCUT2D eigenvalue weighted by molar-refractivity contribution is 0.0460. The lowest BCUT2D eigenvalue weighted by Crippen LogP contribution is -2.47. The molecule has 0 spiro atoms. The van der Waals surface area contributed by atoms with Gasteiger partial charge in [-0.1, -0.05) is 48.5 Å². The highest BCUT2D eigenvalue weighted by Crippen LogP contribution is 2.46. The van der Waals surface area contributed by atoms with Crippen molar-refractivity contribution >= 4 is 23.6 Å². The maximum atomic E-state index is 14.7. The molecule has 13 heterocycles. The number of halogens is 4. The summed E-state index contributed by atoms with van der Waals surface area (Å²) in [7, 11) is 0. The number of aryl methyl sites for hydroxylation is 6. The molecule has 4 saturated carbocycles. The zero-order valence-electron chi connectivity index (χ0n) is 67.8. The van der Waals surface area contributed by atoms with Gasteiger partial charge in [-0.3, -0.25) is 19.2 Å². The molecule has 8 bridgehead atoms. The third-order valence-electron chi connectivity index (χ3n) is 23.9. The maximum absolute atomic E-state index is 14.7.